The van der Waals surface area contributed by atoms with Gasteiger partial charge in [0.2, 0.25) is 0 Å². The van der Waals surface area contributed by atoms with Gasteiger partial charge >= 0.3 is 6.09 Å². The zero-order valence-corrected chi connectivity index (χ0v) is 19.7. The number of imidazole rings is 1. The van der Waals surface area contributed by atoms with Crippen molar-refractivity contribution in [1.29, 1.82) is 0 Å². The van der Waals surface area contributed by atoms with Crippen LogP contribution < -0.4 is 15.5 Å². The zero-order chi connectivity index (χ0) is 24.7. The topological polar surface area (TPSA) is 106 Å². The maximum absolute atomic E-state index is 14.5. The third-order valence-corrected chi connectivity index (χ3v) is 6.12. The van der Waals surface area contributed by atoms with Gasteiger partial charge in [-0.2, -0.15) is 5.10 Å². The summed E-state index contributed by atoms with van der Waals surface area (Å²) in [5.41, 5.74) is 3.06. The van der Waals surface area contributed by atoms with Crippen molar-refractivity contribution in [1.82, 2.24) is 24.5 Å². The molecule has 0 unspecified atom stereocenters. The van der Waals surface area contributed by atoms with E-state index in [2.05, 4.69) is 25.6 Å². The van der Waals surface area contributed by atoms with Crippen LogP contribution in [0.1, 0.15) is 29.4 Å². The van der Waals surface area contributed by atoms with Gasteiger partial charge in [-0.15, -0.1) is 0 Å². The van der Waals surface area contributed by atoms with E-state index < -0.39 is 11.9 Å². The summed E-state index contributed by atoms with van der Waals surface area (Å²) < 4.78 is 23.2. The van der Waals surface area contributed by atoms with Crippen LogP contribution in [0.15, 0.2) is 36.8 Å². The fraction of sp³-hybridized carbons (Fsp3) is 0.333. The number of halogens is 1. The molecule has 1 saturated heterocycles. The van der Waals surface area contributed by atoms with Gasteiger partial charge in [-0.05, 0) is 26.0 Å². The van der Waals surface area contributed by atoms with Crippen LogP contribution in [0.25, 0.3) is 16.6 Å². The number of hydrogen-bond donors (Lipinski definition) is 2. The number of anilines is 2. The van der Waals surface area contributed by atoms with Crippen LogP contribution in [-0.4, -0.2) is 57.4 Å². The molecular formula is C24H26FN7O3. The Balaban J connectivity index is 1.45. The van der Waals surface area contributed by atoms with Crippen molar-refractivity contribution >= 4 is 39.9 Å². The first kappa shape index (κ1) is 22.6. The summed E-state index contributed by atoms with van der Waals surface area (Å²) in [6.07, 6.45) is 5.28. The van der Waals surface area contributed by atoms with Crippen molar-refractivity contribution in [3.63, 3.8) is 0 Å². The summed E-state index contributed by atoms with van der Waals surface area (Å²) in [5.74, 6) is -0.907. The Morgan fingerprint density at radius 2 is 2.09 bits per heavy atom. The number of aromatic nitrogens is 4. The van der Waals surface area contributed by atoms with Crippen LogP contribution in [-0.2, 0) is 11.3 Å². The molecule has 0 saturated carbocycles. The van der Waals surface area contributed by atoms with E-state index in [4.69, 9.17) is 4.74 Å². The number of hydrogen-bond acceptors (Lipinski definition) is 6. The fourth-order valence-corrected chi connectivity index (χ4v) is 4.46. The maximum atomic E-state index is 14.5. The van der Waals surface area contributed by atoms with Crippen LogP contribution in [0.4, 0.5) is 20.6 Å². The Bertz CT molecular complexity index is 1440. The van der Waals surface area contributed by atoms with Gasteiger partial charge in [-0.25, -0.2) is 14.2 Å². The van der Waals surface area contributed by atoms with Crippen molar-refractivity contribution in [2.24, 2.45) is 0 Å². The number of aryl methyl sites for hydroxylation is 2. The zero-order valence-electron chi connectivity index (χ0n) is 19.7. The number of amides is 2. The second kappa shape index (κ2) is 8.90. The molecule has 35 heavy (non-hydrogen) atoms. The first-order valence-corrected chi connectivity index (χ1v) is 11.5. The highest BCUT2D eigenvalue weighted by Gasteiger charge is 2.28. The van der Waals surface area contributed by atoms with Crippen LogP contribution >= 0.6 is 0 Å². The number of fused-ring (bicyclic) bond motifs is 2. The molecule has 0 radical (unpaired) electrons. The minimum atomic E-state index is -0.519. The predicted octanol–water partition coefficient (Wildman–Crippen LogP) is 3.34. The molecule has 182 valence electrons. The molecule has 2 amide bonds. The van der Waals surface area contributed by atoms with E-state index in [1.807, 2.05) is 19.2 Å². The number of rotatable bonds is 5. The van der Waals surface area contributed by atoms with Gasteiger partial charge in [0.25, 0.3) is 5.91 Å². The lowest BCUT2D eigenvalue weighted by atomic mass is 10.1. The molecular weight excluding hydrogens is 453 g/mol. The van der Waals surface area contributed by atoms with Gasteiger partial charge in [0.05, 0.1) is 23.5 Å². The smallest absolute Gasteiger partial charge is 0.407 e. The molecule has 1 aliphatic heterocycles. The van der Waals surface area contributed by atoms with Crippen molar-refractivity contribution < 1.29 is 18.7 Å². The molecule has 4 heterocycles. The largest absolute Gasteiger partial charge is 0.444 e. The predicted molar refractivity (Wildman–Crippen MR) is 129 cm³/mol. The molecule has 1 fully saturated rings. The molecule has 11 heteroatoms. The van der Waals surface area contributed by atoms with Crippen molar-refractivity contribution in [2.45, 2.75) is 32.9 Å². The molecule has 1 aromatic carbocycles. The summed E-state index contributed by atoms with van der Waals surface area (Å²) in [5, 5.41) is 10.7. The molecule has 1 aliphatic rings. The number of carbonyl (C=O) groups is 2. The molecule has 4 aromatic rings. The van der Waals surface area contributed by atoms with E-state index in [-0.39, 0.29) is 17.7 Å². The van der Waals surface area contributed by atoms with E-state index >= 15 is 0 Å². The molecule has 10 nitrogen and oxygen atoms in total. The van der Waals surface area contributed by atoms with Crippen LogP contribution in [0.5, 0.6) is 0 Å². The average Bonchev–Trinajstić information content (AvgIpc) is 3.56. The van der Waals surface area contributed by atoms with Gasteiger partial charge < -0.3 is 24.7 Å². The number of nitrogens with zero attached hydrogens (tertiary/aromatic N) is 5. The molecule has 0 spiro atoms. The summed E-state index contributed by atoms with van der Waals surface area (Å²) >= 11 is 0. The summed E-state index contributed by atoms with van der Waals surface area (Å²) in [7, 11) is 1.53. The number of nitrogens with one attached hydrogen (secondary N) is 2. The van der Waals surface area contributed by atoms with E-state index in [0.717, 1.165) is 11.1 Å². The molecule has 0 bridgehead atoms. The van der Waals surface area contributed by atoms with Gasteiger partial charge in [0.1, 0.15) is 11.6 Å². The van der Waals surface area contributed by atoms with E-state index in [1.165, 1.54) is 13.1 Å². The molecule has 2 N–H and O–H groups in total. The van der Waals surface area contributed by atoms with Crippen molar-refractivity contribution in [3.05, 3.63) is 53.9 Å². The fourth-order valence-electron chi connectivity index (χ4n) is 4.46. The Kier molecular flexibility index (Phi) is 5.75. The lowest BCUT2D eigenvalue weighted by molar-refractivity contribution is 0.102. The molecule has 0 aliphatic carbocycles. The molecule has 3 aromatic heterocycles. The van der Waals surface area contributed by atoms with E-state index in [9.17, 15) is 14.0 Å². The summed E-state index contributed by atoms with van der Waals surface area (Å²) in [6.45, 7) is 5.65. The normalized spacial score (nSPS) is 15.7. The highest BCUT2D eigenvalue weighted by atomic mass is 19.1. The first-order chi connectivity index (χ1) is 16.9. The van der Waals surface area contributed by atoms with Crippen LogP contribution in [0.2, 0.25) is 0 Å². The summed E-state index contributed by atoms with van der Waals surface area (Å²) in [6, 6.07) is 4.86. The number of carbonyl (C=O) groups excluding carboxylic acids is 2. The Labute approximate surface area is 200 Å². The van der Waals surface area contributed by atoms with E-state index in [1.54, 1.807) is 34.5 Å². The lowest BCUT2D eigenvalue weighted by Crippen LogP contribution is -2.29. The van der Waals surface area contributed by atoms with Gasteiger partial charge in [0, 0.05) is 62.3 Å². The Morgan fingerprint density at radius 1 is 1.26 bits per heavy atom. The first-order valence-electron chi connectivity index (χ1n) is 11.5. The van der Waals surface area contributed by atoms with Gasteiger partial charge in [-0.1, -0.05) is 0 Å². The Morgan fingerprint density at radius 3 is 2.86 bits per heavy atom. The third kappa shape index (κ3) is 4.25. The SMILES string of the molecule is CCn1cc2c(N3CC[C@H](OC(=O)NC)C3)ccc(C(=O)Nc3cc(F)c4nc(C)cn4c3)c2n1. The highest BCUT2D eigenvalue weighted by molar-refractivity contribution is 6.13. The number of pyridine rings is 1. The molecule has 1 atom stereocenters. The number of benzene rings is 1. The second-order valence-electron chi connectivity index (χ2n) is 8.54. The minimum Gasteiger partial charge on any atom is -0.444 e. The average molecular weight is 480 g/mol. The maximum Gasteiger partial charge on any atom is 0.407 e. The van der Waals surface area contributed by atoms with Crippen molar-refractivity contribution in [2.75, 3.05) is 30.4 Å². The van der Waals surface area contributed by atoms with Gasteiger partial charge in [0.15, 0.2) is 11.5 Å². The number of alkyl carbamates (subject to hydrolysis) is 1. The summed E-state index contributed by atoms with van der Waals surface area (Å²) in [4.78, 5) is 31.1. The lowest BCUT2D eigenvalue weighted by Gasteiger charge is -2.20. The monoisotopic (exact) mass is 479 g/mol. The standard InChI is InChI=1S/C24H26FN7O3/c1-4-32-13-18-20(30-8-7-16(12-30)35-24(34)26-3)6-5-17(21(18)29-32)23(33)28-15-9-19(25)22-27-14(2)10-31(22)11-15/h5-6,9-11,13,16H,4,7-8,12H2,1-3H3,(H,26,34)(H,28,33)/t16-/m0/s1. The number of ether oxygens (including phenoxy) is 1. The third-order valence-electron chi connectivity index (χ3n) is 6.12. The second-order valence-corrected chi connectivity index (χ2v) is 8.54. The Hall–Kier alpha value is -4.15. The quantitative estimate of drug-likeness (QED) is 0.455. The molecule has 5 rings (SSSR count). The van der Waals surface area contributed by atoms with Crippen molar-refractivity contribution in [3.8, 4) is 0 Å². The van der Waals surface area contributed by atoms with E-state index in [0.29, 0.717) is 48.5 Å². The van der Waals surface area contributed by atoms with Crippen LogP contribution in [0.3, 0.4) is 0 Å². The minimum absolute atomic E-state index is 0.207. The highest BCUT2D eigenvalue weighted by Crippen LogP contribution is 2.32. The van der Waals surface area contributed by atoms with Crippen LogP contribution in [0, 0.1) is 12.7 Å². The van der Waals surface area contributed by atoms with Gasteiger partial charge in [-0.3, -0.25) is 9.48 Å².